The van der Waals surface area contributed by atoms with Crippen LogP contribution >= 0.6 is 24.0 Å². The summed E-state index contributed by atoms with van der Waals surface area (Å²) in [4.78, 5) is 26.1. The van der Waals surface area contributed by atoms with Crippen LogP contribution in [-0.2, 0) is 4.79 Å². The van der Waals surface area contributed by atoms with Crippen LogP contribution in [0.5, 0.6) is 0 Å². The van der Waals surface area contributed by atoms with Crippen LogP contribution < -0.4 is 5.32 Å². The Hall–Kier alpha value is -0.610. The maximum absolute atomic E-state index is 12.3. The molecule has 0 radical (unpaired) electrons. The van der Waals surface area contributed by atoms with Crippen LogP contribution in [0, 0.1) is 5.92 Å². The van der Waals surface area contributed by atoms with E-state index in [1.165, 1.54) is 51.7 Å². The zero-order chi connectivity index (χ0) is 19.8. The van der Waals surface area contributed by atoms with E-state index in [-0.39, 0.29) is 24.0 Å². The molecule has 3 fully saturated rings. The Morgan fingerprint density at radius 3 is 2.17 bits per heavy atom. The third-order valence-corrected chi connectivity index (χ3v) is 6.69. The van der Waals surface area contributed by atoms with Gasteiger partial charge in [0.1, 0.15) is 0 Å². The number of nitrogens with zero attached hydrogens (tertiary/aromatic N) is 5. The summed E-state index contributed by atoms with van der Waals surface area (Å²) in [7, 11) is 1.88. The Labute approximate surface area is 194 Å². The molecular formula is C21H41IN6O. The summed E-state index contributed by atoms with van der Waals surface area (Å²) in [6, 6.07) is 0. The minimum absolute atomic E-state index is 0. The Kier molecular flexibility index (Phi) is 11.0. The third-order valence-electron chi connectivity index (χ3n) is 6.69. The molecule has 0 unspecified atom stereocenters. The SMILES string of the molecule is CCN1CCC(CCNC(=NC)N2CCN(CC(=O)N3CCCC3)CC2)CC1.I. The van der Waals surface area contributed by atoms with Gasteiger partial charge in [0.15, 0.2) is 5.96 Å². The van der Waals surface area contributed by atoms with Crippen molar-refractivity contribution < 1.29 is 4.79 Å². The smallest absolute Gasteiger partial charge is 0.236 e. The lowest BCUT2D eigenvalue weighted by molar-refractivity contribution is -0.131. The van der Waals surface area contributed by atoms with Crippen molar-refractivity contribution in [2.45, 2.75) is 39.0 Å². The summed E-state index contributed by atoms with van der Waals surface area (Å²) >= 11 is 0. The Morgan fingerprint density at radius 1 is 0.931 bits per heavy atom. The molecule has 0 bridgehead atoms. The number of hydrogen-bond donors (Lipinski definition) is 1. The highest BCUT2D eigenvalue weighted by Gasteiger charge is 2.24. The zero-order valence-corrected chi connectivity index (χ0v) is 20.8. The fraction of sp³-hybridized carbons (Fsp3) is 0.905. The molecule has 8 heteroatoms. The second-order valence-electron chi connectivity index (χ2n) is 8.49. The second-order valence-corrected chi connectivity index (χ2v) is 8.49. The molecule has 3 rings (SSSR count). The van der Waals surface area contributed by atoms with Gasteiger partial charge in [-0.3, -0.25) is 14.7 Å². The molecule has 3 heterocycles. The number of nitrogens with one attached hydrogen (secondary N) is 1. The van der Waals surface area contributed by atoms with Crippen LogP contribution in [0.15, 0.2) is 4.99 Å². The Bertz CT molecular complexity index is 509. The van der Waals surface area contributed by atoms with Gasteiger partial charge in [-0.25, -0.2) is 0 Å². The van der Waals surface area contributed by atoms with E-state index in [2.05, 4.69) is 31.9 Å². The Morgan fingerprint density at radius 2 is 1.59 bits per heavy atom. The van der Waals surface area contributed by atoms with Gasteiger partial charge in [-0.15, -0.1) is 24.0 Å². The number of piperazine rings is 1. The van der Waals surface area contributed by atoms with Crippen LogP contribution in [0.1, 0.15) is 39.0 Å². The number of guanidine groups is 1. The van der Waals surface area contributed by atoms with E-state index in [9.17, 15) is 4.79 Å². The molecular weight excluding hydrogens is 479 g/mol. The van der Waals surface area contributed by atoms with Gasteiger partial charge in [0.05, 0.1) is 6.54 Å². The van der Waals surface area contributed by atoms with Crippen LogP contribution in [0.2, 0.25) is 0 Å². The summed E-state index contributed by atoms with van der Waals surface area (Å²) in [6.07, 6.45) is 6.23. The van der Waals surface area contributed by atoms with Gasteiger partial charge in [-0.05, 0) is 57.7 Å². The van der Waals surface area contributed by atoms with Crippen LogP contribution in [0.25, 0.3) is 0 Å². The quantitative estimate of drug-likeness (QED) is 0.327. The predicted molar refractivity (Wildman–Crippen MR) is 130 cm³/mol. The molecule has 1 amide bonds. The molecule has 0 spiro atoms. The molecule has 29 heavy (non-hydrogen) atoms. The van der Waals surface area contributed by atoms with Crippen LogP contribution in [0.3, 0.4) is 0 Å². The number of aliphatic imine (C=N–C) groups is 1. The number of halogens is 1. The minimum Gasteiger partial charge on any atom is -0.356 e. The molecule has 0 saturated carbocycles. The number of rotatable bonds is 6. The van der Waals surface area contributed by atoms with Gasteiger partial charge in [-0.2, -0.15) is 0 Å². The van der Waals surface area contributed by atoms with Crippen molar-refractivity contribution in [1.29, 1.82) is 0 Å². The number of carbonyl (C=O) groups excluding carboxylic acids is 1. The summed E-state index contributed by atoms with van der Waals surface area (Å²) < 4.78 is 0. The fourth-order valence-electron chi connectivity index (χ4n) is 4.69. The van der Waals surface area contributed by atoms with Crippen molar-refractivity contribution in [1.82, 2.24) is 24.9 Å². The molecule has 3 aliphatic heterocycles. The highest BCUT2D eigenvalue weighted by molar-refractivity contribution is 14.0. The number of amides is 1. The van der Waals surface area contributed by atoms with Crippen LogP contribution in [-0.4, -0.2) is 111 Å². The van der Waals surface area contributed by atoms with E-state index in [1.807, 2.05) is 11.9 Å². The first-order chi connectivity index (χ1) is 13.7. The van der Waals surface area contributed by atoms with E-state index < -0.39 is 0 Å². The second kappa shape index (κ2) is 12.9. The molecule has 3 aliphatic rings. The van der Waals surface area contributed by atoms with E-state index in [0.717, 1.165) is 57.7 Å². The number of carbonyl (C=O) groups is 1. The minimum atomic E-state index is 0. The Balaban J connectivity index is 0.00000300. The predicted octanol–water partition coefficient (Wildman–Crippen LogP) is 1.54. The molecule has 7 nitrogen and oxygen atoms in total. The standard InChI is InChI=1S/C21H40N6O.HI/c1-3-24-12-7-19(8-13-24)6-9-23-21(22-2)27-16-14-25(15-17-27)18-20(28)26-10-4-5-11-26;/h19H,3-18H2,1-2H3,(H,22,23);1H. The number of piperidine rings is 1. The first-order valence-corrected chi connectivity index (χ1v) is 11.4. The molecule has 0 aromatic carbocycles. The molecule has 168 valence electrons. The van der Waals surface area contributed by atoms with E-state index in [4.69, 9.17) is 0 Å². The van der Waals surface area contributed by atoms with Crippen molar-refractivity contribution in [3.05, 3.63) is 0 Å². The number of hydrogen-bond acceptors (Lipinski definition) is 4. The maximum atomic E-state index is 12.3. The lowest BCUT2D eigenvalue weighted by atomic mass is 9.93. The average Bonchev–Trinajstić information content (AvgIpc) is 3.28. The van der Waals surface area contributed by atoms with Gasteiger partial charge in [0.2, 0.25) is 5.91 Å². The molecule has 0 aromatic heterocycles. The van der Waals surface area contributed by atoms with Crippen molar-refractivity contribution in [3.63, 3.8) is 0 Å². The van der Waals surface area contributed by atoms with Gasteiger partial charge < -0.3 is 20.0 Å². The summed E-state index contributed by atoms with van der Waals surface area (Å²) in [5, 5.41) is 3.58. The molecule has 0 aromatic rings. The fourth-order valence-corrected chi connectivity index (χ4v) is 4.69. The third kappa shape index (κ3) is 7.54. The highest BCUT2D eigenvalue weighted by atomic mass is 127. The molecule has 1 N–H and O–H groups in total. The van der Waals surface area contributed by atoms with Crippen molar-refractivity contribution in [2.24, 2.45) is 10.9 Å². The van der Waals surface area contributed by atoms with E-state index in [0.29, 0.717) is 12.5 Å². The molecule has 0 atom stereocenters. The van der Waals surface area contributed by atoms with Gasteiger partial charge in [-0.1, -0.05) is 6.92 Å². The summed E-state index contributed by atoms with van der Waals surface area (Å²) in [6.45, 7) is 13.2. The normalized spacial score (nSPS) is 22.6. The van der Waals surface area contributed by atoms with Gasteiger partial charge in [0, 0.05) is 52.9 Å². The first kappa shape index (κ1) is 24.7. The van der Waals surface area contributed by atoms with Crippen molar-refractivity contribution in [2.75, 3.05) is 79.0 Å². The van der Waals surface area contributed by atoms with Crippen LogP contribution in [0.4, 0.5) is 0 Å². The first-order valence-electron chi connectivity index (χ1n) is 11.4. The topological polar surface area (TPSA) is 54.4 Å². The maximum Gasteiger partial charge on any atom is 0.236 e. The number of likely N-dealkylation sites (tertiary alicyclic amines) is 2. The van der Waals surface area contributed by atoms with E-state index >= 15 is 0 Å². The monoisotopic (exact) mass is 520 g/mol. The lowest BCUT2D eigenvalue weighted by Crippen LogP contribution is -2.54. The van der Waals surface area contributed by atoms with Crippen molar-refractivity contribution in [3.8, 4) is 0 Å². The zero-order valence-electron chi connectivity index (χ0n) is 18.4. The summed E-state index contributed by atoms with van der Waals surface area (Å²) in [5.74, 6) is 2.18. The van der Waals surface area contributed by atoms with Gasteiger partial charge in [0.25, 0.3) is 0 Å². The largest absolute Gasteiger partial charge is 0.356 e. The van der Waals surface area contributed by atoms with Crippen molar-refractivity contribution >= 4 is 35.8 Å². The summed E-state index contributed by atoms with van der Waals surface area (Å²) in [5.41, 5.74) is 0. The van der Waals surface area contributed by atoms with Gasteiger partial charge >= 0.3 is 0 Å². The average molecular weight is 521 g/mol. The molecule has 0 aliphatic carbocycles. The van der Waals surface area contributed by atoms with E-state index in [1.54, 1.807) is 0 Å². The molecule has 3 saturated heterocycles. The highest BCUT2D eigenvalue weighted by Crippen LogP contribution is 2.19. The lowest BCUT2D eigenvalue weighted by Gasteiger charge is -2.37.